The molecule has 1 fully saturated rings. The van der Waals surface area contributed by atoms with Gasteiger partial charge in [-0.15, -0.1) is 23.4 Å². The van der Waals surface area contributed by atoms with Crippen LogP contribution in [0.2, 0.25) is 0 Å². The molecule has 1 aliphatic rings. The van der Waals surface area contributed by atoms with Gasteiger partial charge < -0.3 is 14.9 Å². The molecule has 0 radical (unpaired) electrons. The van der Waals surface area contributed by atoms with Crippen LogP contribution in [0.3, 0.4) is 0 Å². The van der Waals surface area contributed by atoms with Gasteiger partial charge >= 0.3 is 7.60 Å². The monoisotopic (exact) mass is 499 g/mol. The first kappa shape index (κ1) is 25.2. The van der Waals surface area contributed by atoms with Gasteiger partial charge in [0.1, 0.15) is 0 Å². The number of hydrogen-bond acceptors (Lipinski definition) is 5. The van der Waals surface area contributed by atoms with Gasteiger partial charge in [-0.1, -0.05) is 18.2 Å². The number of benzene rings is 2. The van der Waals surface area contributed by atoms with Crippen molar-refractivity contribution in [3.63, 3.8) is 0 Å². The number of aliphatic hydroxyl groups excluding tert-OH is 1. The Morgan fingerprint density at radius 1 is 1.16 bits per heavy atom. The average molecular weight is 500 g/mol. The van der Waals surface area contributed by atoms with Crippen LogP contribution in [0.5, 0.6) is 0 Å². The summed E-state index contributed by atoms with van der Waals surface area (Å²) in [5.74, 6) is 1.45. The zero-order valence-corrected chi connectivity index (χ0v) is 19.9. The van der Waals surface area contributed by atoms with Crippen LogP contribution in [0.15, 0.2) is 47.4 Å². The molecule has 0 amide bonds. The SMILES string of the molecule is O=[N+]([O-])c1cc(P(=O)(O)O)ccc1CC[C@H]1CCC(Cl)[C@@H]1CSc1cccc(CCO)c1. The lowest BCUT2D eigenvalue weighted by atomic mass is 9.91. The average Bonchev–Trinajstić information content (AvgIpc) is 3.09. The fraction of sp³-hybridized carbons (Fsp3) is 0.455. The molecule has 1 unspecified atom stereocenters. The predicted molar refractivity (Wildman–Crippen MR) is 127 cm³/mol. The standard InChI is InChI=1S/C22H27ClNO6PS/c23-21-9-7-16(20(21)14-32-19-3-1-2-15(12-19)10-11-25)4-5-17-6-8-18(31(28,29)30)13-22(17)24(26)27/h1-3,6,8,12-13,16,20-21,25H,4-5,7,9-11,14H2,(H2,28,29,30)/t16-,20+,21?/m0/s1. The number of hydrogen-bond donors (Lipinski definition) is 3. The van der Waals surface area contributed by atoms with Gasteiger partial charge in [0.25, 0.3) is 5.69 Å². The highest BCUT2D eigenvalue weighted by molar-refractivity contribution is 7.99. The maximum atomic E-state index is 11.5. The Kier molecular flexibility index (Phi) is 8.78. The molecule has 0 spiro atoms. The summed E-state index contributed by atoms with van der Waals surface area (Å²) in [5, 5.41) is 20.3. The Morgan fingerprint density at radius 3 is 2.62 bits per heavy atom. The zero-order chi connectivity index (χ0) is 23.3. The second kappa shape index (κ2) is 11.1. The molecule has 0 saturated heterocycles. The Balaban J connectivity index is 1.66. The summed E-state index contributed by atoms with van der Waals surface area (Å²) in [6, 6.07) is 11.8. The largest absolute Gasteiger partial charge is 0.396 e. The Hall–Kier alpha value is -1.41. The lowest BCUT2D eigenvalue weighted by molar-refractivity contribution is -0.385. The van der Waals surface area contributed by atoms with Crippen molar-refractivity contribution in [3.8, 4) is 0 Å². The van der Waals surface area contributed by atoms with Crippen LogP contribution in [-0.4, -0.2) is 37.6 Å². The van der Waals surface area contributed by atoms with Gasteiger partial charge in [-0.25, -0.2) is 0 Å². The number of thioether (sulfide) groups is 1. The number of alkyl halides is 1. The summed E-state index contributed by atoms with van der Waals surface area (Å²) in [5.41, 5.74) is 1.32. The van der Waals surface area contributed by atoms with Crippen molar-refractivity contribution in [1.82, 2.24) is 0 Å². The van der Waals surface area contributed by atoms with Crippen LogP contribution < -0.4 is 5.30 Å². The summed E-state index contributed by atoms with van der Waals surface area (Å²) in [4.78, 5) is 30.6. The summed E-state index contributed by atoms with van der Waals surface area (Å²) in [6.45, 7) is 0.115. The van der Waals surface area contributed by atoms with E-state index in [-0.39, 0.29) is 28.9 Å². The molecular formula is C22H27ClNO6PS. The van der Waals surface area contributed by atoms with Gasteiger partial charge in [-0.3, -0.25) is 14.7 Å². The third kappa shape index (κ3) is 6.56. The molecule has 1 aliphatic carbocycles. The molecule has 0 aromatic heterocycles. The minimum atomic E-state index is -4.55. The predicted octanol–water partition coefficient (Wildman–Crippen LogP) is 4.29. The van der Waals surface area contributed by atoms with E-state index in [1.54, 1.807) is 11.8 Å². The second-order valence-electron chi connectivity index (χ2n) is 8.10. The van der Waals surface area contributed by atoms with Crippen LogP contribution in [0.1, 0.15) is 30.4 Å². The van der Waals surface area contributed by atoms with Gasteiger partial charge in [0, 0.05) is 34.3 Å². The molecule has 7 nitrogen and oxygen atoms in total. The van der Waals surface area contributed by atoms with Crippen molar-refractivity contribution >= 4 is 42.0 Å². The Labute approximate surface area is 196 Å². The molecule has 1 saturated carbocycles. The van der Waals surface area contributed by atoms with Crippen LogP contribution in [0, 0.1) is 22.0 Å². The Bertz CT molecular complexity index is 1000. The molecule has 174 valence electrons. The number of nitro benzene ring substituents is 1. The van der Waals surface area contributed by atoms with Crippen molar-refractivity contribution in [2.75, 3.05) is 12.4 Å². The van der Waals surface area contributed by atoms with Gasteiger partial charge in [0.05, 0.1) is 10.2 Å². The highest BCUT2D eigenvalue weighted by Gasteiger charge is 2.35. The van der Waals surface area contributed by atoms with Crippen molar-refractivity contribution in [2.45, 2.75) is 42.4 Å². The molecule has 0 bridgehead atoms. The first-order chi connectivity index (χ1) is 15.2. The minimum Gasteiger partial charge on any atom is -0.396 e. The molecular weight excluding hydrogens is 473 g/mol. The van der Waals surface area contributed by atoms with Gasteiger partial charge in [0.2, 0.25) is 0 Å². The third-order valence-electron chi connectivity index (χ3n) is 6.01. The van der Waals surface area contributed by atoms with E-state index in [0.29, 0.717) is 24.3 Å². The molecule has 2 aromatic carbocycles. The van der Waals surface area contributed by atoms with E-state index >= 15 is 0 Å². The normalized spacial score (nSPS) is 21.1. The van der Waals surface area contributed by atoms with Gasteiger partial charge in [-0.05, 0) is 67.7 Å². The minimum absolute atomic E-state index is 0.0557. The smallest absolute Gasteiger partial charge is 0.356 e. The van der Waals surface area contributed by atoms with Gasteiger partial charge in [-0.2, -0.15) is 0 Å². The lowest BCUT2D eigenvalue weighted by Crippen LogP contribution is -2.19. The number of aliphatic hydroxyl groups is 1. The topological polar surface area (TPSA) is 121 Å². The van der Waals surface area contributed by atoms with E-state index in [1.165, 1.54) is 12.1 Å². The number of rotatable bonds is 10. The fourth-order valence-corrected chi connectivity index (χ4v) is 6.65. The van der Waals surface area contributed by atoms with Crippen molar-refractivity contribution in [1.29, 1.82) is 0 Å². The van der Waals surface area contributed by atoms with Crippen LogP contribution >= 0.6 is 31.0 Å². The number of nitrogens with zero attached hydrogens (tertiary/aromatic N) is 1. The van der Waals surface area contributed by atoms with Crippen molar-refractivity contribution < 1.29 is 24.4 Å². The van der Waals surface area contributed by atoms with Crippen LogP contribution in [-0.2, 0) is 17.4 Å². The van der Waals surface area contributed by atoms with E-state index < -0.39 is 12.5 Å². The highest BCUT2D eigenvalue weighted by Crippen LogP contribution is 2.42. The fourth-order valence-electron chi connectivity index (χ4n) is 4.26. The maximum Gasteiger partial charge on any atom is 0.356 e. The highest BCUT2D eigenvalue weighted by atomic mass is 35.5. The molecule has 3 atom stereocenters. The van der Waals surface area contributed by atoms with E-state index in [9.17, 15) is 24.5 Å². The van der Waals surface area contributed by atoms with Crippen molar-refractivity contribution in [3.05, 3.63) is 63.7 Å². The molecule has 3 N–H and O–H groups in total. The molecule has 0 heterocycles. The molecule has 0 aliphatic heterocycles. The first-order valence-electron chi connectivity index (χ1n) is 10.5. The summed E-state index contributed by atoms with van der Waals surface area (Å²) < 4.78 is 11.5. The summed E-state index contributed by atoms with van der Waals surface area (Å²) >= 11 is 8.35. The van der Waals surface area contributed by atoms with Crippen molar-refractivity contribution in [2.24, 2.45) is 11.8 Å². The van der Waals surface area contributed by atoms with Gasteiger partial charge in [0.15, 0.2) is 0 Å². The zero-order valence-electron chi connectivity index (χ0n) is 17.5. The number of halogens is 1. The van der Waals surface area contributed by atoms with E-state index in [0.717, 1.165) is 41.5 Å². The first-order valence-corrected chi connectivity index (χ1v) is 13.5. The Morgan fingerprint density at radius 2 is 1.94 bits per heavy atom. The van der Waals surface area contributed by atoms with E-state index in [2.05, 4.69) is 6.07 Å². The summed E-state index contributed by atoms with van der Waals surface area (Å²) in [6.07, 6.45) is 3.67. The second-order valence-corrected chi connectivity index (χ2v) is 11.4. The molecule has 3 rings (SSSR count). The summed E-state index contributed by atoms with van der Waals surface area (Å²) in [7, 11) is -4.55. The lowest BCUT2D eigenvalue weighted by Gasteiger charge is -2.22. The third-order valence-corrected chi connectivity index (χ3v) is 8.64. The molecule has 10 heteroatoms. The number of aryl methyl sites for hydroxylation is 1. The number of nitro groups is 1. The molecule has 2 aromatic rings. The van der Waals surface area contributed by atoms with Crippen LogP contribution in [0.25, 0.3) is 0 Å². The van der Waals surface area contributed by atoms with E-state index in [1.807, 2.05) is 18.2 Å². The van der Waals surface area contributed by atoms with E-state index in [4.69, 9.17) is 16.7 Å². The van der Waals surface area contributed by atoms with Crippen LogP contribution in [0.4, 0.5) is 5.69 Å². The maximum absolute atomic E-state index is 11.5. The quantitative estimate of drug-likeness (QED) is 0.146. The molecule has 32 heavy (non-hydrogen) atoms.